The quantitative estimate of drug-likeness (QED) is 0.680. The van der Waals surface area contributed by atoms with Gasteiger partial charge in [-0.2, -0.15) is 10.5 Å². The van der Waals surface area contributed by atoms with Gasteiger partial charge in [-0.1, -0.05) is 39.3 Å². The van der Waals surface area contributed by atoms with Gasteiger partial charge in [0, 0.05) is 18.5 Å². The van der Waals surface area contributed by atoms with Crippen molar-refractivity contribution in [2.24, 2.45) is 11.1 Å². The van der Waals surface area contributed by atoms with E-state index < -0.39 is 12.2 Å². The molecule has 162 valence electrons. The van der Waals surface area contributed by atoms with Gasteiger partial charge in [-0.15, -0.1) is 0 Å². The number of anilines is 1. The van der Waals surface area contributed by atoms with Gasteiger partial charge >= 0.3 is 6.09 Å². The molecule has 2 rings (SSSR count). The molecule has 9 heteroatoms. The minimum absolute atomic E-state index is 0.00684. The SMILES string of the molecule is CCc1c(C#N)c(Cl)nc(N2CCC(OCC(OC(N)=O)C(C)(C)C)CC2)c1C#N. The molecule has 1 unspecified atom stereocenters. The number of amides is 1. The fraction of sp³-hybridized carbons (Fsp3) is 0.619. The van der Waals surface area contributed by atoms with Crippen LogP contribution in [0.4, 0.5) is 10.6 Å². The summed E-state index contributed by atoms with van der Waals surface area (Å²) in [5, 5.41) is 19.1. The summed E-state index contributed by atoms with van der Waals surface area (Å²) in [4.78, 5) is 17.5. The predicted octanol–water partition coefficient (Wildman–Crippen LogP) is 3.54. The van der Waals surface area contributed by atoms with Crippen molar-refractivity contribution in [1.82, 2.24) is 4.98 Å². The lowest BCUT2D eigenvalue weighted by Gasteiger charge is -2.35. The third kappa shape index (κ3) is 5.53. The number of carbonyl (C=O) groups excluding carboxylic acids is 1. The first-order valence-corrected chi connectivity index (χ1v) is 10.3. The minimum atomic E-state index is -0.812. The van der Waals surface area contributed by atoms with Crippen molar-refractivity contribution in [2.45, 2.75) is 59.2 Å². The molecule has 2 N–H and O–H groups in total. The molecule has 1 aliphatic heterocycles. The van der Waals surface area contributed by atoms with E-state index in [1.165, 1.54) is 0 Å². The van der Waals surface area contributed by atoms with Gasteiger partial charge in [0.1, 0.15) is 29.2 Å². The van der Waals surface area contributed by atoms with Gasteiger partial charge in [-0.25, -0.2) is 9.78 Å². The Labute approximate surface area is 182 Å². The third-order valence-electron chi connectivity index (χ3n) is 5.26. The second-order valence-electron chi connectivity index (χ2n) is 8.34. The van der Waals surface area contributed by atoms with E-state index in [9.17, 15) is 15.3 Å². The number of piperidine rings is 1. The van der Waals surface area contributed by atoms with E-state index in [0.29, 0.717) is 36.5 Å². The summed E-state index contributed by atoms with van der Waals surface area (Å²) in [7, 11) is 0. The Hall–Kier alpha value is -2.55. The fourth-order valence-corrected chi connectivity index (χ4v) is 3.70. The number of nitrogens with two attached hydrogens (primary N) is 1. The number of pyridine rings is 1. The Morgan fingerprint density at radius 3 is 2.37 bits per heavy atom. The lowest BCUT2D eigenvalue weighted by atomic mass is 9.89. The average Bonchev–Trinajstić information content (AvgIpc) is 2.69. The molecule has 0 radical (unpaired) electrons. The molecule has 1 atom stereocenters. The van der Waals surface area contributed by atoms with Gasteiger partial charge in [-0.05, 0) is 24.8 Å². The van der Waals surface area contributed by atoms with Crippen molar-refractivity contribution in [3.63, 3.8) is 0 Å². The number of nitrogens with zero attached hydrogens (tertiary/aromatic N) is 4. The number of hydrogen-bond donors (Lipinski definition) is 1. The van der Waals surface area contributed by atoms with Crippen LogP contribution in [0.25, 0.3) is 0 Å². The molecule has 1 aromatic heterocycles. The van der Waals surface area contributed by atoms with Gasteiger partial charge in [0.2, 0.25) is 0 Å². The Morgan fingerprint density at radius 2 is 1.90 bits per heavy atom. The lowest BCUT2D eigenvalue weighted by molar-refractivity contribution is -0.0596. The number of rotatable bonds is 6. The highest BCUT2D eigenvalue weighted by Gasteiger charge is 2.31. The Kier molecular flexibility index (Phi) is 7.89. The van der Waals surface area contributed by atoms with Crippen molar-refractivity contribution in [2.75, 3.05) is 24.6 Å². The van der Waals surface area contributed by atoms with Crippen LogP contribution in [0.1, 0.15) is 57.2 Å². The molecule has 0 spiro atoms. The molecule has 1 fully saturated rings. The van der Waals surface area contributed by atoms with Crippen LogP contribution in [0.5, 0.6) is 0 Å². The first-order valence-electron chi connectivity index (χ1n) is 9.97. The van der Waals surface area contributed by atoms with Crippen molar-refractivity contribution >= 4 is 23.5 Å². The van der Waals surface area contributed by atoms with Crippen LogP contribution < -0.4 is 10.6 Å². The number of ether oxygens (including phenoxy) is 2. The first-order chi connectivity index (χ1) is 14.1. The van der Waals surface area contributed by atoms with Gasteiger partial charge in [0.05, 0.1) is 23.8 Å². The summed E-state index contributed by atoms with van der Waals surface area (Å²) in [5.41, 5.74) is 6.18. The van der Waals surface area contributed by atoms with E-state index >= 15 is 0 Å². The molecular formula is C21H28ClN5O3. The zero-order valence-corrected chi connectivity index (χ0v) is 18.6. The number of aromatic nitrogens is 1. The summed E-state index contributed by atoms with van der Waals surface area (Å²) >= 11 is 6.21. The van der Waals surface area contributed by atoms with Crippen LogP contribution in [-0.2, 0) is 15.9 Å². The maximum absolute atomic E-state index is 11.2. The molecule has 1 saturated heterocycles. The van der Waals surface area contributed by atoms with Crippen molar-refractivity contribution in [3.05, 3.63) is 21.8 Å². The summed E-state index contributed by atoms with van der Waals surface area (Å²) < 4.78 is 11.2. The zero-order valence-electron chi connectivity index (χ0n) is 17.9. The number of hydrogen-bond acceptors (Lipinski definition) is 7. The molecule has 1 aromatic rings. The van der Waals surface area contributed by atoms with Crippen molar-refractivity contribution in [3.8, 4) is 12.1 Å². The minimum Gasteiger partial charge on any atom is -0.443 e. The van der Waals surface area contributed by atoms with Crippen LogP contribution in [0, 0.1) is 28.1 Å². The second-order valence-corrected chi connectivity index (χ2v) is 8.70. The van der Waals surface area contributed by atoms with Gasteiger partial charge in [0.15, 0.2) is 0 Å². The molecule has 0 aliphatic carbocycles. The largest absolute Gasteiger partial charge is 0.443 e. The van der Waals surface area contributed by atoms with E-state index in [1.807, 2.05) is 32.6 Å². The van der Waals surface area contributed by atoms with E-state index in [4.69, 9.17) is 26.8 Å². The van der Waals surface area contributed by atoms with E-state index in [1.54, 1.807) is 0 Å². The summed E-state index contributed by atoms with van der Waals surface area (Å²) in [6.45, 7) is 9.30. The number of primary amides is 1. The first kappa shape index (κ1) is 23.7. The second kappa shape index (κ2) is 9.97. The van der Waals surface area contributed by atoms with Crippen LogP contribution in [-0.4, -0.2) is 43.0 Å². The zero-order chi connectivity index (χ0) is 22.5. The molecule has 1 amide bonds. The average molecular weight is 434 g/mol. The fourth-order valence-electron chi connectivity index (χ4n) is 3.46. The van der Waals surface area contributed by atoms with Crippen LogP contribution in [0.3, 0.4) is 0 Å². The topological polar surface area (TPSA) is 125 Å². The normalized spacial score (nSPS) is 15.9. The molecule has 0 bridgehead atoms. The maximum Gasteiger partial charge on any atom is 0.404 e. The van der Waals surface area contributed by atoms with E-state index in [0.717, 1.165) is 12.8 Å². The maximum atomic E-state index is 11.2. The van der Waals surface area contributed by atoms with Gasteiger partial charge < -0.3 is 20.1 Å². The highest BCUT2D eigenvalue weighted by molar-refractivity contribution is 6.30. The number of halogens is 1. The van der Waals surface area contributed by atoms with Crippen molar-refractivity contribution in [1.29, 1.82) is 10.5 Å². The molecule has 1 aliphatic rings. The molecule has 0 saturated carbocycles. The molecular weight excluding hydrogens is 406 g/mol. The smallest absolute Gasteiger partial charge is 0.404 e. The van der Waals surface area contributed by atoms with Crippen molar-refractivity contribution < 1.29 is 14.3 Å². The number of carbonyl (C=O) groups is 1. The van der Waals surface area contributed by atoms with Crippen LogP contribution >= 0.6 is 11.6 Å². The summed E-state index contributed by atoms with van der Waals surface area (Å²) in [6, 6.07) is 4.25. The predicted molar refractivity (Wildman–Crippen MR) is 113 cm³/mol. The monoisotopic (exact) mass is 433 g/mol. The highest BCUT2D eigenvalue weighted by Crippen LogP contribution is 2.31. The molecule has 30 heavy (non-hydrogen) atoms. The molecule has 8 nitrogen and oxygen atoms in total. The molecule has 0 aromatic carbocycles. The third-order valence-corrected chi connectivity index (χ3v) is 5.54. The van der Waals surface area contributed by atoms with E-state index in [-0.39, 0.29) is 28.8 Å². The van der Waals surface area contributed by atoms with Crippen LogP contribution in [0.2, 0.25) is 5.15 Å². The van der Waals surface area contributed by atoms with E-state index in [2.05, 4.69) is 17.1 Å². The summed E-state index contributed by atoms with van der Waals surface area (Å²) in [5.74, 6) is 0.515. The Bertz CT molecular complexity index is 861. The van der Waals surface area contributed by atoms with Crippen LogP contribution in [0.15, 0.2) is 0 Å². The molecule has 2 heterocycles. The Balaban J connectivity index is 2.08. The Morgan fingerprint density at radius 1 is 1.30 bits per heavy atom. The summed E-state index contributed by atoms with van der Waals surface area (Å²) in [6.07, 6.45) is 0.706. The lowest BCUT2D eigenvalue weighted by Crippen LogP contribution is -2.42. The van der Waals surface area contributed by atoms with Gasteiger partial charge in [0.25, 0.3) is 0 Å². The van der Waals surface area contributed by atoms with Gasteiger partial charge in [-0.3, -0.25) is 0 Å². The number of nitriles is 2. The standard InChI is InChI=1S/C21H28ClN5O3/c1-5-14-15(10-23)18(22)26-19(16(14)11-24)27-8-6-13(7-9-27)29-12-17(21(2,3)4)30-20(25)28/h13,17H,5-9,12H2,1-4H3,(H2,25,28). The highest BCUT2D eigenvalue weighted by atomic mass is 35.5.